The second kappa shape index (κ2) is 5.52. The number of imidazole rings is 1. The van der Waals surface area contributed by atoms with Crippen LogP contribution in [0.15, 0.2) is 23.0 Å². The molecule has 0 saturated carbocycles. The molecule has 1 atom stereocenters. The molecule has 1 saturated heterocycles. The largest absolute Gasteiger partial charge is 0.338 e. The fourth-order valence-electron chi connectivity index (χ4n) is 3.45. The van der Waals surface area contributed by atoms with E-state index in [4.69, 9.17) is 27.7 Å². The fourth-order valence-corrected chi connectivity index (χ4v) is 3.80. The van der Waals surface area contributed by atoms with Crippen molar-refractivity contribution >= 4 is 29.1 Å². The molecule has 1 aromatic carbocycles. The summed E-state index contributed by atoms with van der Waals surface area (Å²) in [6, 6.07) is 2.54. The average molecular weight is 394 g/mol. The van der Waals surface area contributed by atoms with E-state index in [1.807, 2.05) is 0 Å². The van der Waals surface area contributed by atoms with Gasteiger partial charge in [-0.2, -0.15) is 4.98 Å². The normalized spacial score (nSPS) is 18.0. The van der Waals surface area contributed by atoms with Gasteiger partial charge >= 0.3 is 0 Å². The van der Waals surface area contributed by atoms with Crippen molar-refractivity contribution in [2.45, 2.75) is 18.3 Å². The van der Waals surface area contributed by atoms with Gasteiger partial charge in [-0.3, -0.25) is 9.36 Å². The number of alkyl halides is 1. The molecule has 26 heavy (non-hydrogen) atoms. The Balaban J connectivity index is 1.78. The summed E-state index contributed by atoms with van der Waals surface area (Å²) in [4.78, 5) is 23.2. The van der Waals surface area contributed by atoms with Gasteiger partial charge in [0.25, 0.3) is 5.91 Å². The number of amides is 1. The molecule has 7 nitrogen and oxygen atoms in total. The molecule has 3 aromatic rings. The van der Waals surface area contributed by atoms with Gasteiger partial charge in [0.2, 0.25) is 11.7 Å². The van der Waals surface area contributed by atoms with Gasteiger partial charge < -0.3 is 9.42 Å². The molecule has 132 valence electrons. The van der Waals surface area contributed by atoms with E-state index in [0.717, 1.165) is 12.1 Å². The van der Waals surface area contributed by atoms with Crippen LogP contribution in [0.2, 0.25) is 5.02 Å². The number of rotatable bonds is 2. The van der Waals surface area contributed by atoms with Crippen molar-refractivity contribution in [2.75, 3.05) is 6.54 Å². The molecule has 1 fully saturated rings. The lowest BCUT2D eigenvalue weighted by atomic mass is 9.97. The smallest absolute Gasteiger partial charge is 0.258 e. The lowest BCUT2D eigenvalue weighted by Crippen LogP contribution is -2.44. The molecule has 0 radical (unpaired) electrons. The molecular formula is C16H10Cl2FN5O2. The summed E-state index contributed by atoms with van der Waals surface area (Å²) in [5.74, 6) is -0.265. The van der Waals surface area contributed by atoms with Crippen LogP contribution in [-0.2, 0) is 5.88 Å². The molecule has 0 N–H and O–H groups in total. The van der Waals surface area contributed by atoms with Crippen molar-refractivity contribution in [3.8, 4) is 17.2 Å². The summed E-state index contributed by atoms with van der Waals surface area (Å²) in [5, 5.41) is 3.73. The third-order valence-corrected chi connectivity index (χ3v) is 5.34. The average Bonchev–Trinajstić information content (AvgIpc) is 3.21. The Morgan fingerprint density at radius 2 is 2.23 bits per heavy atom. The zero-order valence-electron chi connectivity index (χ0n) is 13.1. The first-order valence-corrected chi connectivity index (χ1v) is 8.77. The maximum atomic E-state index is 14.0. The highest BCUT2D eigenvalue weighted by atomic mass is 35.5. The Morgan fingerprint density at radius 1 is 1.38 bits per heavy atom. The zero-order valence-corrected chi connectivity index (χ0v) is 14.6. The van der Waals surface area contributed by atoms with Crippen molar-refractivity contribution in [3.63, 3.8) is 0 Å². The number of aromatic nitrogens is 4. The molecule has 2 aromatic heterocycles. The van der Waals surface area contributed by atoms with Gasteiger partial charge in [-0.1, -0.05) is 16.8 Å². The second-order valence-electron chi connectivity index (χ2n) is 6.05. The molecule has 2 aliphatic heterocycles. The number of carbonyl (C=O) groups excluding carboxylic acids is 1. The second-order valence-corrected chi connectivity index (χ2v) is 6.70. The molecular weight excluding hydrogens is 384 g/mol. The van der Waals surface area contributed by atoms with Gasteiger partial charge in [0.15, 0.2) is 0 Å². The molecule has 1 amide bonds. The minimum absolute atomic E-state index is 0.0921. The van der Waals surface area contributed by atoms with Crippen LogP contribution in [0.25, 0.3) is 17.2 Å². The van der Waals surface area contributed by atoms with Crippen LogP contribution in [-0.4, -0.2) is 37.0 Å². The number of carbonyl (C=O) groups is 1. The van der Waals surface area contributed by atoms with E-state index in [1.165, 1.54) is 12.1 Å². The Labute approximate surface area is 156 Å². The maximum Gasteiger partial charge on any atom is 0.258 e. The summed E-state index contributed by atoms with van der Waals surface area (Å²) in [6.07, 6.45) is 2.31. The Bertz CT molecular complexity index is 1060. The van der Waals surface area contributed by atoms with Crippen LogP contribution in [0.1, 0.15) is 34.4 Å². The molecule has 4 heterocycles. The van der Waals surface area contributed by atoms with E-state index in [2.05, 4.69) is 15.1 Å². The quantitative estimate of drug-likeness (QED) is 0.623. The first-order chi connectivity index (χ1) is 12.6. The minimum Gasteiger partial charge on any atom is -0.338 e. The summed E-state index contributed by atoms with van der Waals surface area (Å²) in [6.45, 7) is 0.555. The van der Waals surface area contributed by atoms with Gasteiger partial charge in [-0.25, -0.2) is 9.37 Å². The molecule has 5 rings (SSSR count). The van der Waals surface area contributed by atoms with Crippen molar-refractivity contribution in [1.82, 2.24) is 24.6 Å². The molecule has 2 aliphatic rings. The summed E-state index contributed by atoms with van der Waals surface area (Å²) >= 11 is 11.8. The third-order valence-electron chi connectivity index (χ3n) is 4.74. The van der Waals surface area contributed by atoms with Crippen LogP contribution in [0.4, 0.5) is 4.39 Å². The van der Waals surface area contributed by atoms with E-state index < -0.39 is 5.82 Å². The lowest BCUT2D eigenvalue weighted by Gasteiger charge is -2.39. The number of benzene rings is 1. The monoisotopic (exact) mass is 393 g/mol. The molecule has 0 bridgehead atoms. The van der Waals surface area contributed by atoms with E-state index >= 15 is 0 Å². The van der Waals surface area contributed by atoms with Crippen molar-refractivity contribution in [3.05, 3.63) is 46.4 Å². The highest BCUT2D eigenvalue weighted by molar-refractivity contribution is 6.34. The Hall–Kier alpha value is -2.45. The highest BCUT2D eigenvalue weighted by Crippen LogP contribution is 2.44. The van der Waals surface area contributed by atoms with Crippen molar-refractivity contribution < 1.29 is 13.7 Å². The van der Waals surface area contributed by atoms with E-state index in [1.54, 1.807) is 15.8 Å². The Morgan fingerprint density at radius 3 is 2.92 bits per heavy atom. The van der Waals surface area contributed by atoms with Crippen LogP contribution in [0, 0.1) is 5.82 Å². The van der Waals surface area contributed by atoms with E-state index in [9.17, 15) is 9.18 Å². The Kier molecular flexibility index (Phi) is 3.35. The maximum absolute atomic E-state index is 14.0. The lowest BCUT2D eigenvalue weighted by molar-refractivity contribution is 0.0461. The van der Waals surface area contributed by atoms with E-state index in [-0.39, 0.29) is 34.3 Å². The van der Waals surface area contributed by atoms with Crippen LogP contribution >= 0.6 is 23.2 Å². The SMILES string of the molecule is O=C1c2c(ccc(F)c2Cl)-n2cnc(-c3noc(CCl)n3)c2[C@@H]2CCN12. The van der Waals surface area contributed by atoms with Crippen LogP contribution < -0.4 is 0 Å². The zero-order chi connectivity index (χ0) is 18.0. The number of halogens is 3. The summed E-state index contributed by atoms with van der Waals surface area (Å²) in [5.41, 5.74) is 1.85. The summed E-state index contributed by atoms with van der Waals surface area (Å²) < 4.78 is 20.8. The predicted octanol–water partition coefficient (Wildman–Crippen LogP) is 3.35. The first-order valence-electron chi connectivity index (χ1n) is 7.85. The highest BCUT2D eigenvalue weighted by Gasteiger charge is 2.43. The third kappa shape index (κ3) is 1.99. The topological polar surface area (TPSA) is 77.0 Å². The number of nitrogens with zero attached hydrogens (tertiary/aromatic N) is 5. The van der Waals surface area contributed by atoms with E-state index in [0.29, 0.717) is 23.8 Å². The first kappa shape index (κ1) is 15.8. The molecule has 0 spiro atoms. The molecule has 10 heteroatoms. The van der Waals surface area contributed by atoms with Gasteiger partial charge in [0, 0.05) is 6.54 Å². The van der Waals surface area contributed by atoms with Gasteiger partial charge in [-0.05, 0) is 18.6 Å². The molecule has 0 aliphatic carbocycles. The van der Waals surface area contributed by atoms with Crippen molar-refractivity contribution in [2.24, 2.45) is 0 Å². The van der Waals surface area contributed by atoms with Crippen LogP contribution in [0.3, 0.4) is 0 Å². The number of hydrogen-bond acceptors (Lipinski definition) is 5. The number of hydrogen-bond donors (Lipinski definition) is 0. The predicted molar refractivity (Wildman–Crippen MR) is 89.8 cm³/mol. The summed E-state index contributed by atoms with van der Waals surface area (Å²) in [7, 11) is 0. The molecule has 0 unspecified atom stereocenters. The van der Waals surface area contributed by atoms with Gasteiger partial charge in [0.1, 0.15) is 23.7 Å². The van der Waals surface area contributed by atoms with Crippen LogP contribution in [0.5, 0.6) is 0 Å². The van der Waals surface area contributed by atoms with Gasteiger partial charge in [0.05, 0.1) is 28.0 Å². The minimum atomic E-state index is -0.635. The number of fused-ring (bicyclic) bond motifs is 5. The standard InChI is InChI=1S/C16H10Cl2FN5O2/c17-5-10-21-15(22-26-10)13-14-9-3-4-23(9)16(25)11-8(24(14)6-20-13)2-1-7(19)12(11)18/h1-2,6,9H,3-5H2/t9-/m0/s1. The fraction of sp³-hybridized carbons (Fsp3) is 0.250. The van der Waals surface area contributed by atoms with Crippen molar-refractivity contribution in [1.29, 1.82) is 0 Å². The van der Waals surface area contributed by atoms with Gasteiger partial charge in [-0.15, -0.1) is 11.6 Å².